The minimum absolute atomic E-state index is 0.0597. The Morgan fingerprint density at radius 3 is 1.66 bits per heavy atom. The number of ketones is 2. The summed E-state index contributed by atoms with van der Waals surface area (Å²) in [6.45, 7) is 3.80. The van der Waals surface area contributed by atoms with E-state index in [2.05, 4.69) is 26.9 Å². The van der Waals surface area contributed by atoms with Crippen LogP contribution >= 0.6 is 0 Å². The zero-order valence-electron chi connectivity index (χ0n) is 23.2. The smallest absolute Gasteiger partial charge is 0.386 e. The summed E-state index contributed by atoms with van der Waals surface area (Å²) in [5, 5.41) is 2.76. The molecule has 1 heterocycles. The minimum atomic E-state index is -4.67. The minimum Gasteiger partial charge on any atom is -0.386 e. The van der Waals surface area contributed by atoms with Gasteiger partial charge in [0.1, 0.15) is 17.7 Å². The lowest BCUT2D eigenvalue weighted by Crippen LogP contribution is -2.23. The van der Waals surface area contributed by atoms with E-state index < -0.39 is 47.9 Å². The van der Waals surface area contributed by atoms with Crippen molar-refractivity contribution in [2.24, 2.45) is 22.2 Å². The number of aliphatic imine (C=N–C) groups is 1. The average Bonchev–Trinajstić information content (AvgIpc) is 2.93. The number of hydrogen-bond acceptors (Lipinski definition) is 7. The Balaban J connectivity index is 1.87. The van der Waals surface area contributed by atoms with Crippen molar-refractivity contribution in [1.82, 2.24) is 15.3 Å². The van der Waals surface area contributed by atoms with Crippen LogP contribution in [0.25, 0.3) is 0 Å². The first-order valence-corrected chi connectivity index (χ1v) is 13.0. The summed E-state index contributed by atoms with van der Waals surface area (Å²) in [5.41, 5.74) is 14.7. The third kappa shape index (κ3) is 9.54. The highest BCUT2D eigenvalue weighted by Crippen LogP contribution is 2.32. The highest BCUT2D eigenvalue weighted by Gasteiger charge is 2.32. The number of nitrogens with zero attached hydrogens (tertiary/aromatic N) is 3. The molecule has 0 aliphatic rings. The maximum absolute atomic E-state index is 13.4. The van der Waals surface area contributed by atoms with Crippen LogP contribution in [-0.2, 0) is 38.0 Å². The topological polar surface area (TPSA) is 162 Å². The van der Waals surface area contributed by atoms with Crippen LogP contribution < -0.4 is 22.5 Å². The Morgan fingerprint density at radius 2 is 1.23 bits per heavy atom. The molecule has 0 aliphatic carbocycles. The zero-order valence-corrected chi connectivity index (χ0v) is 23.2. The largest absolute Gasteiger partial charge is 0.416 e. The van der Waals surface area contributed by atoms with E-state index >= 15 is 0 Å². The highest BCUT2D eigenvalue weighted by atomic mass is 19.4. The van der Waals surface area contributed by atoms with Gasteiger partial charge in [0, 0.05) is 25.9 Å². The van der Waals surface area contributed by atoms with Gasteiger partial charge in [-0.3, -0.25) is 14.6 Å². The van der Waals surface area contributed by atoms with E-state index in [0.717, 1.165) is 36.7 Å². The van der Waals surface area contributed by atoms with Crippen LogP contribution in [0, 0.1) is 0 Å². The lowest BCUT2D eigenvalue weighted by atomic mass is 9.95. The fourth-order valence-electron chi connectivity index (χ4n) is 4.27. The number of halogens is 6. The van der Waals surface area contributed by atoms with Crippen LogP contribution in [0.3, 0.4) is 0 Å². The van der Waals surface area contributed by atoms with E-state index in [1.165, 1.54) is 12.1 Å². The van der Waals surface area contributed by atoms with E-state index in [-0.39, 0.29) is 60.2 Å². The van der Waals surface area contributed by atoms with Crippen molar-refractivity contribution in [3.63, 3.8) is 0 Å². The van der Waals surface area contributed by atoms with Gasteiger partial charge in [0.05, 0.1) is 16.9 Å². The van der Waals surface area contributed by atoms with E-state index in [4.69, 9.17) is 17.2 Å². The molecule has 44 heavy (non-hydrogen) atoms. The molecule has 0 unspecified atom stereocenters. The molecule has 0 saturated heterocycles. The summed E-state index contributed by atoms with van der Waals surface area (Å²) in [6.07, 6.45) is -9.00. The van der Waals surface area contributed by atoms with Crippen LogP contribution in [0.1, 0.15) is 54.4 Å². The highest BCUT2D eigenvalue weighted by molar-refractivity contribution is 6.00. The molecular weight excluding hydrogens is 592 g/mol. The molecule has 234 valence electrons. The van der Waals surface area contributed by atoms with Crippen LogP contribution in [0.4, 0.5) is 26.3 Å². The summed E-state index contributed by atoms with van der Waals surface area (Å²) < 4.78 is 80.4. The van der Waals surface area contributed by atoms with E-state index in [9.17, 15) is 35.9 Å². The molecule has 2 aromatic carbocycles. The average molecular weight is 622 g/mol. The second-order valence-corrected chi connectivity index (χ2v) is 9.71. The number of guanidine groups is 1. The Bertz CT molecular complexity index is 1560. The molecule has 3 aromatic rings. The van der Waals surface area contributed by atoms with Gasteiger partial charge in [0.2, 0.25) is 0 Å². The van der Waals surface area contributed by atoms with Gasteiger partial charge in [-0.25, -0.2) is 9.97 Å². The predicted molar refractivity (Wildman–Crippen MR) is 150 cm³/mol. The van der Waals surface area contributed by atoms with Crippen LogP contribution in [0.2, 0.25) is 0 Å². The Kier molecular flexibility index (Phi) is 10.7. The number of nitrogens with one attached hydrogen (secondary N) is 1. The molecular formula is C29H29F6N7O2. The fraction of sp³-hybridized carbons (Fsp3) is 0.276. The number of carbonyl (C=O) groups is 2. The van der Waals surface area contributed by atoms with Gasteiger partial charge in [-0.2, -0.15) is 26.3 Å². The van der Waals surface area contributed by atoms with Gasteiger partial charge in [-0.1, -0.05) is 18.7 Å². The quantitative estimate of drug-likeness (QED) is 0.0971. The van der Waals surface area contributed by atoms with Gasteiger partial charge in [0.15, 0.2) is 17.5 Å². The van der Waals surface area contributed by atoms with Gasteiger partial charge in [-0.15, -0.1) is 0 Å². The van der Waals surface area contributed by atoms with Crippen molar-refractivity contribution in [3.8, 4) is 0 Å². The molecule has 0 atom stereocenters. The third-order valence-electron chi connectivity index (χ3n) is 6.43. The number of rotatable bonds is 13. The molecule has 0 radical (unpaired) electrons. The molecule has 0 amide bonds. The van der Waals surface area contributed by atoms with E-state index in [0.29, 0.717) is 11.1 Å². The molecule has 0 aliphatic heterocycles. The number of carbonyl (C=O) groups excluding carboxylic acids is 2. The first kappa shape index (κ1) is 33.6. The van der Waals surface area contributed by atoms with E-state index in [1.807, 2.05) is 0 Å². The Morgan fingerprint density at radius 1 is 0.750 bits per heavy atom. The molecule has 3 rings (SSSR count). The van der Waals surface area contributed by atoms with Crippen molar-refractivity contribution in [1.29, 1.82) is 0 Å². The SMILES string of the molecule is C=C(N)NCCc1ccc(C(F)(F)F)cc1CC(=O)c1cc(C(=O)Cc2cc(C(F)(F)F)ccc2CCN=C(N)N)ncn1. The first-order valence-electron chi connectivity index (χ1n) is 13.0. The number of alkyl halides is 6. The Labute approximate surface area is 248 Å². The number of hydrogen-bond donors (Lipinski definition) is 4. The third-order valence-corrected chi connectivity index (χ3v) is 6.43. The zero-order chi connectivity index (χ0) is 32.7. The lowest BCUT2D eigenvalue weighted by Gasteiger charge is -2.14. The van der Waals surface area contributed by atoms with Crippen molar-refractivity contribution in [2.45, 2.75) is 38.0 Å². The monoisotopic (exact) mass is 621 g/mol. The van der Waals surface area contributed by atoms with Crippen molar-refractivity contribution < 1.29 is 35.9 Å². The van der Waals surface area contributed by atoms with Gasteiger partial charge in [-0.05, 0) is 65.4 Å². The molecule has 7 N–H and O–H groups in total. The fourth-order valence-corrected chi connectivity index (χ4v) is 4.27. The molecule has 0 fully saturated rings. The summed E-state index contributed by atoms with van der Waals surface area (Å²) in [5.74, 6) is -1.45. The summed E-state index contributed by atoms with van der Waals surface area (Å²) in [4.78, 5) is 37.8. The maximum Gasteiger partial charge on any atom is 0.416 e. The second kappa shape index (κ2) is 14.0. The second-order valence-electron chi connectivity index (χ2n) is 9.71. The summed E-state index contributed by atoms with van der Waals surface area (Å²) in [7, 11) is 0. The predicted octanol–water partition coefficient (Wildman–Crippen LogP) is 3.74. The summed E-state index contributed by atoms with van der Waals surface area (Å²) in [6, 6.07) is 7.06. The van der Waals surface area contributed by atoms with E-state index in [1.54, 1.807) is 0 Å². The van der Waals surface area contributed by atoms with Crippen LogP contribution in [-0.4, -0.2) is 40.6 Å². The number of Topliss-reactive ketones (excluding diaryl/α,β-unsaturated/α-hetero) is 2. The molecule has 9 nitrogen and oxygen atoms in total. The molecule has 0 saturated carbocycles. The van der Waals surface area contributed by atoms with Gasteiger partial charge < -0.3 is 22.5 Å². The normalized spacial score (nSPS) is 11.6. The van der Waals surface area contributed by atoms with Crippen molar-refractivity contribution >= 4 is 17.5 Å². The van der Waals surface area contributed by atoms with Crippen molar-refractivity contribution in [2.75, 3.05) is 13.1 Å². The molecule has 15 heteroatoms. The number of benzene rings is 2. The number of aromatic nitrogens is 2. The van der Waals surface area contributed by atoms with Gasteiger partial charge >= 0.3 is 12.4 Å². The van der Waals surface area contributed by atoms with Gasteiger partial charge in [0.25, 0.3) is 0 Å². The van der Waals surface area contributed by atoms with Crippen molar-refractivity contribution in [3.05, 3.63) is 106 Å². The first-order chi connectivity index (χ1) is 20.5. The standard InChI is InChI=1S/C29H29F6N7O2/c1-16(36)39-8-6-17-2-4-21(28(30,31)32)10-19(17)12-25(43)23-14-24(42-15-41-23)26(44)13-20-11-22(29(33,34)35)5-3-18(20)7-9-40-27(37)38/h2-5,10-11,14-15,39H,1,6-9,12-13,36H2,(H4,37,38,40). The van der Waals surface area contributed by atoms with Crippen LogP contribution in [0.15, 0.2) is 66.2 Å². The molecule has 0 spiro atoms. The number of nitrogens with two attached hydrogens (primary N) is 3. The molecule has 0 bridgehead atoms. The maximum atomic E-state index is 13.4. The summed E-state index contributed by atoms with van der Waals surface area (Å²) >= 11 is 0. The van der Waals surface area contributed by atoms with Crippen LogP contribution in [0.5, 0.6) is 0 Å². The molecule has 1 aromatic heterocycles. The Hall–Kier alpha value is -4.95. The lowest BCUT2D eigenvalue weighted by molar-refractivity contribution is -0.138.